The molecule has 35 heavy (non-hydrogen) atoms. The van der Waals surface area contributed by atoms with E-state index in [4.69, 9.17) is 11.6 Å². The van der Waals surface area contributed by atoms with E-state index in [2.05, 4.69) is 10.6 Å². The molecule has 1 amide bonds. The molecular formula is C29H24ClFN2O2. The number of allylic oxidation sites excluding steroid dienone is 3. The lowest BCUT2D eigenvalue weighted by Gasteiger charge is -2.37. The fourth-order valence-electron chi connectivity index (χ4n) is 5.05. The van der Waals surface area contributed by atoms with Crippen molar-refractivity contribution < 1.29 is 14.0 Å². The fourth-order valence-corrected chi connectivity index (χ4v) is 5.25. The van der Waals surface area contributed by atoms with Crippen molar-refractivity contribution in [3.63, 3.8) is 0 Å². The lowest BCUT2D eigenvalue weighted by atomic mass is 9.71. The zero-order chi connectivity index (χ0) is 24.5. The van der Waals surface area contributed by atoms with Gasteiger partial charge >= 0.3 is 0 Å². The molecule has 0 aromatic heterocycles. The second-order valence-corrected chi connectivity index (χ2v) is 9.38. The standard InChI is InChI=1S/C29H24ClFN2O2/c1-17-26(29(35)33-23-12-10-22(31)11-13-23)27(19-8-5-9-21(30)14-19)28-24(32-17)15-20(16-25(28)34)18-6-3-2-4-7-18/h2-14,20,27,32H,15-16H2,1H3,(H,33,35). The molecule has 3 aromatic rings. The van der Waals surface area contributed by atoms with Crippen molar-refractivity contribution in [2.45, 2.75) is 31.6 Å². The van der Waals surface area contributed by atoms with Gasteiger partial charge < -0.3 is 10.6 Å². The summed E-state index contributed by atoms with van der Waals surface area (Å²) in [5, 5.41) is 6.76. The molecule has 4 nitrogen and oxygen atoms in total. The molecule has 0 saturated heterocycles. The molecule has 1 heterocycles. The van der Waals surface area contributed by atoms with Gasteiger partial charge in [0.1, 0.15) is 5.82 Å². The average molecular weight is 487 g/mol. The fraction of sp³-hybridized carbons (Fsp3) is 0.172. The van der Waals surface area contributed by atoms with E-state index < -0.39 is 5.92 Å². The third-order valence-electron chi connectivity index (χ3n) is 6.63. The van der Waals surface area contributed by atoms with E-state index >= 15 is 0 Å². The molecule has 0 spiro atoms. The van der Waals surface area contributed by atoms with Crippen molar-refractivity contribution in [2.75, 3.05) is 5.32 Å². The quantitative estimate of drug-likeness (QED) is 0.443. The van der Waals surface area contributed by atoms with Crippen molar-refractivity contribution >= 4 is 29.0 Å². The van der Waals surface area contributed by atoms with Crippen molar-refractivity contribution in [3.8, 4) is 0 Å². The van der Waals surface area contributed by atoms with Crippen molar-refractivity contribution in [3.05, 3.63) is 123 Å². The molecular weight excluding hydrogens is 463 g/mol. The van der Waals surface area contributed by atoms with E-state index in [0.717, 1.165) is 16.8 Å². The number of rotatable bonds is 4. The minimum Gasteiger partial charge on any atom is -0.362 e. The van der Waals surface area contributed by atoms with Gasteiger partial charge in [0, 0.05) is 45.6 Å². The number of Topliss-reactive ketones (excluding diaryl/α,β-unsaturated/α-hetero) is 1. The van der Waals surface area contributed by atoms with Crippen molar-refractivity contribution in [1.29, 1.82) is 0 Å². The van der Waals surface area contributed by atoms with Gasteiger partial charge in [0.2, 0.25) is 0 Å². The number of halogens is 2. The summed E-state index contributed by atoms with van der Waals surface area (Å²) in [5.74, 6) is -1.22. The Kier molecular flexibility index (Phi) is 6.27. The number of carbonyl (C=O) groups is 2. The largest absolute Gasteiger partial charge is 0.362 e. The highest BCUT2D eigenvalue weighted by Crippen LogP contribution is 2.46. The molecule has 5 rings (SSSR count). The Morgan fingerprint density at radius 1 is 0.971 bits per heavy atom. The number of nitrogens with one attached hydrogen (secondary N) is 2. The van der Waals surface area contributed by atoms with Crippen LogP contribution < -0.4 is 10.6 Å². The molecule has 2 unspecified atom stereocenters. The van der Waals surface area contributed by atoms with Crippen LogP contribution in [0.15, 0.2) is 101 Å². The Hall–Kier alpha value is -3.70. The van der Waals surface area contributed by atoms with Gasteiger partial charge in [-0.1, -0.05) is 54.1 Å². The van der Waals surface area contributed by atoms with Gasteiger partial charge in [-0.25, -0.2) is 4.39 Å². The molecule has 1 aliphatic carbocycles. The Balaban J connectivity index is 1.56. The summed E-state index contributed by atoms with van der Waals surface area (Å²) in [7, 11) is 0. The molecule has 2 atom stereocenters. The molecule has 176 valence electrons. The van der Waals surface area contributed by atoms with E-state index in [1.807, 2.05) is 49.4 Å². The first-order valence-corrected chi connectivity index (χ1v) is 11.9. The highest BCUT2D eigenvalue weighted by Gasteiger charge is 2.40. The van der Waals surface area contributed by atoms with Gasteiger partial charge in [-0.05, 0) is 66.8 Å². The Morgan fingerprint density at radius 3 is 2.40 bits per heavy atom. The highest BCUT2D eigenvalue weighted by atomic mass is 35.5. The molecule has 1 aliphatic heterocycles. The van der Waals surface area contributed by atoms with Crippen LogP contribution in [-0.2, 0) is 9.59 Å². The second-order valence-electron chi connectivity index (χ2n) is 8.94. The number of amides is 1. The average Bonchev–Trinajstić information content (AvgIpc) is 2.85. The number of anilines is 1. The lowest BCUT2D eigenvalue weighted by molar-refractivity contribution is -0.116. The molecule has 6 heteroatoms. The predicted octanol–water partition coefficient (Wildman–Crippen LogP) is 6.48. The summed E-state index contributed by atoms with van der Waals surface area (Å²) in [4.78, 5) is 27.2. The normalized spacial score (nSPS) is 19.8. The van der Waals surface area contributed by atoms with Crippen LogP contribution in [0.3, 0.4) is 0 Å². The summed E-state index contributed by atoms with van der Waals surface area (Å²) in [6, 6.07) is 22.9. The first-order valence-electron chi connectivity index (χ1n) is 11.5. The number of carbonyl (C=O) groups excluding carboxylic acids is 2. The van der Waals surface area contributed by atoms with Gasteiger partial charge in [-0.2, -0.15) is 0 Å². The number of ketones is 1. The topological polar surface area (TPSA) is 58.2 Å². The summed E-state index contributed by atoms with van der Waals surface area (Å²) in [5.41, 5.74) is 4.94. The van der Waals surface area contributed by atoms with E-state index in [9.17, 15) is 14.0 Å². The van der Waals surface area contributed by atoms with Gasteiger partial charge in [0.15, 0.2) is 5.78 Å². The van der Waals surface area contributed by atoms with E-state index in [1.54, 1.807) is 12.1 Å². The first-order chi connectivity index (χ1) is 16.9. The van der Waals surface area contributed by atoms with Gasteiger partial charge in [0.25, 0.3) is 5.91 Å². The van der Waals surface area contributed by atoms with E-state index in [0.29, 0.717) is 40.4 Å². The predicted molar refractivity (Wildman–Crippen MR) is 136 cm³/mol. The Morgan fingerprint density at radius 2 is 1.69 bits per heavy atom. The zero-order valence-corrected chi connectivity index (χ0v) is 19.9. The van der Waals surface area contributed by atoms with Crippen molar-refractivity contribution in [1.82, 2.24) is 5.32 Å². The third-order valence-corrected chi connectivity index (χ3v) is 6.86. The van der Waals surface area contributed by atoms with Gasteiger partial charge in [0.05, 0.1) is 0 Å². The van der Waals surface area contributed by atoms with Crippen LogP contribution in [-0.4, -0.2) is 11.7 Å². The van der Waals surface area contributed by atoms with Crippen LogP contribution >= 0.6 is 11.6 Å². The molecule has 0 radical (unpaired) electrons. The highest BCUT2D eigenvalue weighted by molar-refractivity contribution is 6.30. The number of hydrogen-bond acceptors (Lipinski definition) is 3. The number of dihydropyridines is 1. The monoisotopic (exact) mass is 486 g/mol. The molecule has 0 fully saturated rings. The SMILES string of the molecule is CC1=C(C(=O)Nc2ccc(F)cc2)C(c2cccc(Cl)c2)C2=C(CC(c3ccccc3)CC2=O)N1. The molecule has 0 saturated carbocycles. The maximum absolute atomic E-state index is 13.6. The van der Waals surface area contributed by atoms with Crippen LogP contribution in [0.25, 0.3) is 0 Å². The minimum atomic E-state index is -0.561. The number of hydrogen-bond donors (Lipinski definition) is 2. The second kappa shape index (κ2) is 9.51. The summed E-state index contributed by atoms with van der Waals surface area (Å²) >= 11 is 6.32. The third kappa shape index (κ3) is 4.64. The van der Waals surface area contributed by atoms with Gasteiger partial charge in [-0.15, -0.1) is 0 Å². The molecule has 2 N–H and O–H groups in total. The van der Waals surface area contributed by atoms with Crippen molar-refractivity contribution in [2.24, 2.45) is 0 Å². The van der Waals surface area contributed by atoms with Crippen LogP contribution in [0.4, 0.5) is 10.1 Å². The summed E-state index contributed by atoms with van der Waals surface area (Å²) < 4.78 is 13.4. The molecule has 0 bridgehead atoms. The smallest absolute Gasteiger partial charge is 0.254 e. The Bertz CT molecular complexity index is 1360. The molecule has 3 aromatic carbocycles. The van der Waals surface area contributed by atoms with E-state index in [1.165, 1.54) is 24.3 Å². The van der Waals surface area contributed by atoms with E-state index in [-0.39, 0.29) is 23.4 Å². The maximum atomic E-state index is 13.6. The first kappa shape index (κ1) is 23.1. The maximum Gasteiger partial charge on any atom is 0.254 e. The number of benzene rings is 3. The van der Waals surface area contributed by atoms with Gasteiger partial charge in [-0.3, -0.25) is 9.59 Å². The minimum absolute atomic E-state index is 0.0113. The summed E-state index contributed by atoms with van der Waals surface area (Å²) in [6.07, 6.45) is 1.04. The molecule has 2 aliphatic rings. The van der Waals surface area contributed by atoms with Crippen LogP contribution in [0, 0.1) is 5.82 Å². The Labute approximate surface area is 208 Å². The summed E-state index contributed by atoms with van der Waals surface area (Å²) in [6.45, 7) is 1.84. The van der Waals surface area contributed by atoms with Crippen LogP contribution in [0.1, 0.15) is 42.7 Å². The van der Waals surface area contributed by atoms with Crippen LogP contribution in [0.2, 0.25) is 5.02 Å². The van der Waals surface area contributed by atoms with Crippen LogP contribution in [0.5, 0.6) is 0 Å². The zero-order valence-electron chi connectivity index (χ0n) is 19.1. The lowest BCUT2D eigenvalue weighted by Crippen LogP contribution is -2.37.